The maximum absolute atomic E-state index is 12.5. The molecule has 0 amide bonds. The van der Waals surface area contributed by atoms with Gasteiger partial charge in [-0.1, -0.05) is 49.6 Å². The molecule has 0 bridgehead atoms. The fourth-order valence-electron chi connectivity index (χ4n) is 4.92. The molecule has 3 aliphatic rings. The molecule has 0 spiro atoms. The summed E-state index contributed by atoms with van der Waals surface area (Å²) in [5.74, 6) is -0.988. The molecule has 3 atom stereocenters. The number of rotatable bonds is 1. The van der Waals surface area contributed by atoms with Crippen LogP contribution in [0.25, 0.3) is 10.8 Å². The Hall–Kier alpha value is -2.36. The van der Waals surface area contributed by atoms with E-state index in [1.165, 1.54) is 19.3 Å². The Morgan fingerprint density at radius 1 is 0.880 bits per heavy atom. The third-order valence-electron chi connectivity index (χ3n) is 6.06. The van der Waals surface area contributed by atoms with Gasteiger partial charge in [0.25, 0.3) is 0 Å². The first-order valence-corrected chi connectivity index (χ1v) is 9.18. The van der Waals surface area contributed by atoms with Gasteiger partial charge in [-0.25, -0.2) is 0 Å². The van der Waals surface area contributed by atoms with E-state index in [2.05, 4.69) is 0 Å². The molecule has 2 fully saturated rings. The molecule has 1 saturated heterocycles. The summed E-state index contributed by atoms with van der Waals surface area (Å²) in [7, 11) is 0. The largest absolute Gasteiger partial charge is 0.461 e. The fraction of sp³-hybridized carbons (Fsp3) is 0.429. The Labute approximate surface area is 146 Å². The van der Waals surface area contributed by atoms with Crippen molar-refractivity contribution < 1.29 is 19.1 Å². The highest BCUT2D eigenvalue weighted by Crippen LogP contribution is 2.51. The second-order valence-corrected chi connectivity index (χ2v) is 7.42. The van der Waals surface area contributed by atoms with Crippen LogP contribution in [0.5, 0.6) is 5.75 Å². The predicted molar refractivity (Wildman–Crippen MR) is 92.3 cm³/mol. The van der Waals surface area contributed by atoms with Crippen LogP contribution in [0.15, 0.2) is 36.4 Å². The van der Waals surface area contributed by atoms with E-state index in [0.717, 1.165) is 29.2 Å². The molecule has 0 radical (unpaired) electrons. The van der Waals surface area contributed by atoms with Crippen LogP contribution in [0.2, 0.25) is 0 Å². The molecular weight excluding hydrogens is 316 g/mol. The Morgan fingerprint density at radius 3 is 2.52 bits per heavy atom. The fourth-order valence-corrected chi connectivity index (χ4v) is 4.92. The molecule has 0 aromatic heterocycles. The average molecular weight is 336 g/mol. The molecule has 1 aliphatic carbocycles. The molecule has 5 rings (SSSR count). The number of benzene rings is 2. The normalized spacial score (nSPS) is 29.0. The van der Waals surface area contributed by atoms with Crippen molar-refractivity contribution in [2.45, 2.75) is 44.1 Å². The van der Waals surface area contributed by atoms with Crippen molar-refractivity contribution in [1.29, 1.82) is 0 Å². The summed E-state index contributed by atoms with van der Waals surface area (Å²) in [5, 5.41) is 2.15. The number of cyclic esters (lactones) is 1. The lowest BCUT2D eigenvalue weighted by Crippen LogP contribution is -2.36. The molecule has 128 valence electrons. The molecule has 2 heterocycles. The van der Waals surface area contributed by atoms with Gasteiger partial charge in [0.05, 0.1) is 0 Å². The molecule has 4 heteroatoms. The van der Waals surface area contributed by atoms with E-state index in [4.69, 9.17) is 9.47 Å². The first-order chi connectivity index (χ1) is 12.2. The van der Waals surface area contributed by atoms with E-state index < -0.39 is 17.9 Å². The van der Waals surface area contributed by atoms with Crippen molar-refractivity contribution in [2.24, 2.45) is 11.8 Å². The van der Waals surface area contributed by atoms with Gasteiger partial charge in [0.15, 0.2) is 5.92 Å². The minimum Gasteiger partial charge on any atom is -0.461 e. The highest BCUT2D eigenvalue weighted by Gasteiger charge is 2.56. The highest BCUT2D eigenvalue weighted by atomic mass is 16.6. The van der Waals surface area contributed by atoms with E-state index in [-0.39, 0.29) is 12.0 Å². The van der Waals surface area contributed by atoms with Crippen molar-refractivity contribution in [3.05, 3.63) is 42.0 Å². The summed E-state index contributed by atoms with van der Waals surface area (Å²) in [6, 6.07) is 11.9. The third-order valence-corrected chi connectivity index (χ3v) is 6.06. The second kappa shape index (κ2) is 5.58. The van der Waals surface area contributed by atoms with E-state index in [9.17, 15) is 9.59 Å². The number of carbonyl (C=O) groups excluding carboxylic acids is 2. The zero-order valence-corrected chi connectivity index (χ0v) is 13.9. The minimum atomic E-state index is -0.815. The Bertz CT molecular complexity index is 865. The zero-order valence-electron chi connectivity index (χ0n) is 13.9. The van der Waals surface area contributed by atoms with Crippen molar-refractivity contribution in [3.63, 3.8) is 0 Å². The minimum absolute atomic E-state index is 0.213. The van der Waals surface area contributed by atoms with Gasteiger partial charge in [0, 0.05) is 11.5 Å². The van der Waals surface area contributed by atoms with Crippen LogP contribution in [-0.4, -0.2) is 18.0 Å². The summed E-state index contributed by atoms with van der Waals surface area (Å²) in [6.07, 6.45) is 5.50. The molecule has 1 saturated carbocycles. The smallest absolute Gasteiger partial charge is 0.326 e. The molecule has 0 N–H and O–H groups in total. The molecule has 2 aromatic rings. The summed E-state index contributed by atoms with van der Waals surface area (Å²) in [4.78, 5) is 25.0. The SMILES string of the molecule is O=C1Oc2ccc3ccccc3c2[C@H]2[C@@H]1C(=O)O[C@H]2C1CCCCC1. The van der Waals surface area contributed by atoms with Crippen molar-refractivity contribution in [2.75, 3.05) is 0 Å². The van der Waals surface area contributed by atoms with Gasteiger partial charge in [0.1, 0.15) is 11.9 Å². The summed E-state index contributed by atoms with van der Waals surface area (Å²) >= 11 is 0. The first-order valence-electron chi connectivity index (χ1n) is 9.18. The molecule has 4 nitrogen and oxygen atoms in total. The van der Waals surface area contributed by atoms with Gasteiger partial charge in [-0.3, -0.25) is 9.59 Å². The van der Waals surface area contributed by atoms with Crippen molar-refractivity contribution in [3.8, 4) is 5.75 Å². The van der Waals surface area contributed by atoms with Crippen LogP contribution < -0.4 is 4.74 Å². The van der Waals surface area contributed by atoms with E-state index in [1.54, 1.807) is 0 Å². The van der Waals surface area contributed by atoms with Gasteiger partial charge in [-0.15, -0.1) is 0 Å². The van der Waals surface area contributed by atoms with Gasteiger partial charge < -0.3 is 9.47 Å². The molecule has 2 aliphatic heterocycles. The Balaban J connectivity index is 1.69. The van der Waals surface area contributed by atoms with E-state index in [0.29, 0.717) is 11.7 Å². The van der Waals surface area contributed by atoms with Crippen LogP contribution in [0.1, 0.15) is 43.6 Å². The topological polar surface area (TPSA) is 52.6 Å². The Morgan fingerprint density at radius 2 is 1.68 bits per heavy atom. The van der Waals surface area contributed by atoms with Crippen LogP contribution in [-0.2, 0) is 14.3 Å². The molecule has 2 aromatic carbocycles. The highest BCUT2D eigenvalue weighted by molar-refractivity contribution is 6.02. The second-order valence-electron chi connectivity index (χ2n) is 7.42. The monoisotopic (exact) mass is 336 g/mol. The van der Waals surface area contributed by atoms with Crippen LogP contribution >= 0.6 is 0 Å². The quantitative estimate of drug-likeness (QED) is 0.449. The lowest BCUT2D eigenvalue weighted by atomic mass is 9.73. The van der Waals surface area contributed by atoms with Gasteiger partial charge >= 0.3 is 11.9 Å². The molecule has 25 heavy (non-hydrogen) atoms. The van der Waals surface area contributed by atoms with Gasteiger partial charge in [-0.2, -0.15) is 0 Å². The standard InChI is InChI=1S/C21H20O4/c22-20-18-17(19(25-21(18)23)13-7-2-1-3-8-13)16-14-9-5-4-6-12(14)10-11-15(16)24-20/h4-6,9-11,13,17-19H,1-3,7-8H2/t17-,18-,19-/m0/s1. The number of hydrogen-bond donors (Lipinski definition) is 0. The molecular formula is C21H20O4. The van der Waals surface area contributed by atoms with Crippen molar-refractivity contribution in [1.82, 2.24) is 0 Å². The van der Waals surface area contributed by atoms with Crippen molar-refractivity contribution >= 4 is 22.7 Å². The van der Waals surface area contributed by atoms with E-state index >= 15 is 0 Å². The van der Waals surface area contributed by atoms with Crippen LogP contribution in [0.3, 0.4) is 0 Å². The number of ether oxygens (including phenoxy) is 2. The van der Waals surface area contributed by atoms with Gasteiger partial charge in [-0.05, 0) is 35.6 Å². The van der Waals surface area contributed by atoms with E-state index in [1.807, 2.05) is 36.4 Å². The average Bonchev–Trinajstić information content (AvgIpc) is 3.00. The predicted octanol–water partition coefficient (Wildman–Crippen LogP) is 3.96. The molecule has 0 unspecified atom stereocenters. The maximum Gasteiger partial charge on any atom is 0.326 e. The number of esters is 2. The first kappa shape index (κ1) is 14.9. The third kappa shape index (κ3) is 2.20. The zero-order chi connectivity index (χ0) is 17.0. The summed E-state index contributed by atoms with van der Waals surface area (Å²) in [5.41, 5.74) is 0.976. The number of fused-ring (bicyclic) bond motifs is 5. The maximum atomic E-state index is 12.5. The summed E-state index contributed by atoms with van der Waals surface area (Å²) < 4.78 is 11.3. The Kier molecular flexibility index (Phi) is 3.34. The van der Waals surface area contributed by atoms with Gasteiger partial charge in [0.2, 0.25) is 0 Å². The lowest BCUT2D eigenvalue weighted by molar-refractivity contribution is -0.152. The number of hydrogen-bond acceptors (Lipinski definition) is 4. The summed E-state index contributed by atoms with van der Waals surface area (Å²) in [6.45, 7) is 0. The lowest BCUT2D eigenvalue weighted by Gasteiger charge is -2.33. The number of carbonyl (C=O) groups is 2. The van der Waals surface area contributed by atoms with Crippen LogP contribution in [0.4, 0.5) is 0 Å². The van der Waals surface area contributed by atoms with Crippen LogP contribution in [0, 0.1) is 11.8 Å².